The third-order valence-corrected chi connectivity index (χ3v) is 5.57. The Labute approximate surface area is 187 Å². The van der Waals surface area contributed by atoms with Crippen molar-refractivity contribution in [3.05, 3.63) is 50.7 Å². The van der Waals surface area contributed by atoms with E-state index >= 15 is 0 Å². The quantitative estimate of drug-likeness (QED) is 0.269. The van der Waals surface area contributed by atoms with Crippen molar-refractivity contribution in [3.8, 4) is 5.75 Å². The lowest BCUT2D eigenvalue weighted by Crippen LogP contribution is -2.29. The predicted molar refractivity (Wildman–Crippen MR) is 128 cm³/mol. The van der Waals surface area contributed by atoms with Gasteiger partial charge in [0.05, 0.1) is 12.8 Å². The molecule has 0 aliphatic heterocycles. The molecule has 0 saturated heterocycles. The van der Waals surface area contributed by atoms with Gasteiger partial charge in [0.1, 0.15) is 5.75 Å². The van der Waals surface area contributed by atoms with Gasteiger partial charge in [-0.3, -0.25) is 14.3 Å². The number of methoxy groups -OCH3 is 1. The van der Waals surface area contributed by atoms with Crippen LogP contribution in [0.25, 0.3) is 11.2 Å². The van der Waals surface area contributed by atoms with Crippen LogP contribution >= 0.6 is 0 Å². The number of imidazole rings is 1. The summed E-state index contributed by atoms with van der Waals surface area (Å²) in [5.74, 6) is 1.21. The number of anilines is 1. The number of H-pyrrole nitrogens is 1. The molecule has 3 aromatic rings. The summed E-state index contributed by atoms with van der Waals surface area (Å²) in [6.45, 7) is 4.70. The fraction of sp³-hybridized carbons (Fsp3) is 0.478. The third kappa shape index (κ3) is 5.27. The summed E-state index contributed by atoms with van der Waals surface area (Å²) in [7, 11) is 3.22. The average molecular weight is 441 g/mol. The van der Waals surface area contributed by atoms with Gasteiger partial charge in [-0.25, -0.2) is 10.2 Å². The Morgan fingerprint density at radius 3 is 2.50 bits per heavy atom. The number of nitrogens with one attached hydrogen (secondary N) is 2. The maximum absolute atomic E-state index is 12.6. The van der Waals surface area contributed by atoms with Crippen LogP contribution in [0.2, 0.25) is 0 Å². The number of hydrazone groups is 1. The van der Waals surface area contributed by atoms with Crippen LogP contribution in [0, 0.1) is 0 Å². The molecule has 32 heavy (non-hydrogen) atoms. The van der Waals surface area contributed by atoms with Crippen LogP contribution in [0.1, 0.15) is 57.9 Å². The largest absolute Gasteiger partial charge is 0.497 e. The number of aryl methyl sites for hydroxylation is 2. The van der Waals surface area contributed by atoms with Gasteiger partial charge in [-0.05, 0) is 43.2 Å². The van der Waals surface area contributed by atoms with Gasteiger partial charge in [0.25, 0.3) is 5.56 Å². The smallest absolute Gasteiger partial charge is 0.329 e. The number of ether oxygens (including phenoxy) is 1. The minimum atomic E-state index is -0.490. The van der Waals surface area contributed by atoms with E-state index in [0.717, 1.165) is 36.3 Å². The van der Waals surface area contributed by atoms with E-state index < -0.39 is 11.2 Å². The molecule has 2 aromatic heterocycles. The molecule has 2 heterocycles. The number of hydrogen-bond acceptors (Lipinski definition) is 6. The third-order valence-electron chi connectivity index (χ3n) is 5.57. The Morgan fingerprint density at radius 1 is 1.12 bits per heavy atom. The first-order valence-corrected chi connectivity index (χ1v) is 11.1. The van der Waals surface area contributed by atoms with Gasteiger partial charge < -0.3 is 9.30 Å². The van der Waals surface area contributed by atoms with Crippen LogP contribution in [0.15, 0.2) is 39.0 Å². The zero-order valence-corrected chi connectivity index (χ0v) is 19.3. The van der Waals surface area contributed by atoms with Gasteiger partial charge in [-0.2, -0.15) is 10.1 Å². The molecule has 0 radical (unpaired) electrons. The molecule has 1 aromatic carbocycles. The molecule has 172 valence electrons. The van der Waals surface area contributed by atoms with Crippen LogP contribution in [0.5, 0.6) is 5.75 Å². The normalized spacial score (nSPS) is 11.8. The number of aromatic amines is 1. The first-order valence-electron chi connectivity index (χ1n) is 11.1. The van der Waals surface area contributed by atoms with Gasteiger partial charge in [0.2, 0.25) is 5.95 Å². The lowest BCUT2D eigenvalue weighted by Gasteiger charge is -2.09. The fourth-order valence-electron chi connectivity index (χ4n) is 3.62. The summed E-state index contributed by atoms with van der Waals surface area (Å²) < 4.78 is 8.36. The zero-order valence-electron chi connectivity index (χ0n) is 19.3. The minimum Gasteiger partial charge on any atom is -0.497 e. The highest BCUT2D eigenvalue weighted by molar-refractivity contribution is 5.99. The minimum absolute atomic E-state index is 0.338. The first-order chi connectivity index (χ1) is 15.5. The molecular weight excluding hydrogens is 408 g/mol. The zero-order chi connectivity index (χ0) is 23.1. The summed E-state index contributed by atoms with van der Waals surface area (Å²) >= 11 is 0. The van der Waals surface area contributed by atoms with Crippen LogP contribution < -0.4 is 21.4 Å². The highest BCUT2D eigenvalue weighted by Crippen LogP contribution is 2.18. The van der Waals surface area contributed by atoms with Gasteiger partial charge in [-0.1, -0.05) is 39.0 Å². The molecule has 0 unspecified atom stereocenters. The van der Waals surface area contributed by atoms with E-state index in [2.05, 4.69) is 27.4 Å². The van der Waals surface area contributed by atoms with Gasteiger partial charge in [0.15, 0.2) is 11.2 Å². The molecule has 9 heteroatoms. The second-order valence-corrected chi connectivity index (χ2v) is 7.88. The maximum Gasteiger partial charge on any atom is 0.329 e. The number of aromatic nitrogens is 4. The highest BCUT2D eigenvalue weighted by Gasteiger charge is 2.17. The molecular formula is C23H32N6O3. The molecule has 0 fully saturated rings. The standard InChI is InChI=1S/C23H32N6O3/c1-5-6-7-8-9-10-15-29-19-20(28(3)23(31)25-21(19)30)24-22(29)27-26-16(2)17-11-13-18(32-4)14-12-17/h11-14H,5-10,15H2,1-4H3,(H,24,27)(H,25,30,31). The first kappa shape index (κ1) is 23.3. The molecule has 0 aliphatic rings. The van der Waals surface area contributed by atoms with Crippen molar-refractivity contribution in [1.82, 2.24) is 19.1 Å². The lowest BCUT2D eigenvalue weighted by molar-refractivity contribution is 0.415. The van der Waals surface area contributed by atoms with Crippen LogP contribution in [0.3, 0.4) is 0 Å². The van der Waals surface area contributed by atoms with Crippen molar-refractivity contribution in [2.24, 2.45) is 12.1 Å². The number of rotatable bonds is 11. The van der Waals surface area contributed by atoms with Gasteiger partial charge >= 0.3 is 5.69 Å². The summed E-state index contributed by atoms with van der Waals surface area (Å²) in [6, 6.07) is 7.59. The van der Waals surface area contributed by atoms with Crippen LogP contribution in [-0.2, 0) is 13.6 Å². The molecule has 0 saturated carbocycles. The molecule has 2 N–H and O–H groups in total. The predicted octanol–water partition coefficient (Wildman–Crippen LogP) is 3.63. The van der Waals surface area contributed by atoms with Crippen molar-refractivity contribution >= 4 is 22.8 Å². The molecule has 0 amide bonds. The van der Waals surface area contributed by atoms with Crippen molar-refractivity contribution in [2.75, 3.05) is 12.5 Å². The number of nitrogens with zero attached hydrogens (tertiary/aromatic N) is 4. The Morgan fingerprint density at radius 2 is 1.81 bits per heavy atom. The topological polar surface area (TPSA) is 106 Å². The van der Waals surface area contributed by atoms with E-state index in [0.29, 0.717) is 23.7 Å². The summed E-state index contributed by atoms with van der Waals surface area (Å²) in [5.41, 5.74) is 4.48. The summed E-state index contributed by atoms with van der Waals surface area (Å²) in [5, 5.41) is 4.47. The van der Waals surface area contributed by atoms with E-state index in [9.17, 15) is 9.59 Å². The second-order valence-electron chi connectivity index (χ2n) is 7.88. The average Bonchev–Trinajstić information content (AvgIpc) is 3.17. The highest BCUT2D eigenvalue weighted by atomic mass is 16.5. The second kappa shape index (κ2) is 10.8. The maximum atomic E-state index is 12.6. The molecule has 0 atom stereocenters. The molecule has 0 spiro atoms. The Kier molecular flexibility index (Phi) is 7.86. The van der Waals surface area contributed by atoms with E-state index in [-0.39, 0.29) is 0 Å². The SMILES string of the molecule is CCCCCCCCn1c(NN=C(C)c2ccc(OC)cc2)nc2c1c(=O)[nH]c(=O)n2C. The Bertz CT molecular complexity index is 1190. The van der Waals surface area contributed by atoms with Gasteiger partial charge in [0, 0.05) is 13.6 Å². The van der Waals surface area contributed by atoms with Gasteiger partial charge in [-0.15, -0.1) is 0 Å². The molecule has 9 nitrogen and oxygen atoms in total. The number of hydrogen-bond donors (Lipinski definition) is 2. The van der Waals surface area contributed by atoms with Crippen LogP contribution in [-0.4, -0.2) is 31.9 Å². The number of unbranched alkanes of at least 4 members (excludes halogenated alkanes) is 5. The lowest BCUT2D eigenvalue weighted by atomic mass is 10.1. The van der Waals surface area contributed by atoms with E-state index in [1.807, 2.05) is 35.8 Å². The van der Waals surface area contributed by atoms with Crippen molar-refractivity contribution < 1.29 is 4.74 Å². The molecule has 0 aliphatic carbocycles. The van der Waals surface area contributed by atoms with E-state index in [1.165, 1.54) is 23.8 Å². The molecule has 3 rings (SSSR count). The van der Waals surface area contributed by atoms with Crippen molar-refractivity contribution in [1.29, 1.82) is 0 Å². The van der Waals surface area contributed by atoms with Crippen molar-refractivity contribution in [2.45, 2.75) is 58.9 Å². The monoisotopic (exact) mass is 440 g/mol. The number of fused-ring (bicyclic) bond motifs is 1. The van der Waals surface area contributed by atoms with Crippen LogP contribution in [0.4, 0.5) is 5.95 Å². The Balaban J connectivity index is 1.88. The summed E-state index contributed by atoms with van der Waals surface area (Å²) in [6.07, 6.45) is 6.79. The number of benzene rings is 1. The fourth-order valence-corrected chi connectivity index (χ4v) is 3.62. The Hall–Kier alpha value is -3.36. The molecule has 0 bridgehead atoms. The van der Waals surface area contributed by atoms with E-state index in [1.54, 1.807) is 14.2 Å². The van der Waals surface area contributed by atoms with E-state index in [4.69, 9.17) is 4.74 Å². The summed E-state index contributed by atoms with van der Waals surface area (Å²) in [4.78, 5) is 31.5. The van der Waals surface area contributed by atoms with Crippen molar-refractivity contribution in [3.63, 3.8) is 0 Å².